The molecule has 2 atom stereocenters. The van der Waals surface area contributed by atoms with Crippen LogP contribution in [-0.4, -0.2) is 24.0 Å². The average molecular weight is 292 g/mol. The van der Waals surface area contributed by atoms with Gasteiger partial charge in [0, 0.05) is 31.2 Å². The highest BCUT2D eigenvalue weighted by atomic mass is 19.1. The standard InChI is InChI=1S/C18H29FN2/c1-4-9-20-11-16-7-8-18(19)17(10-16)13-21-12-14(2)5-6-15(21)3/h7-8,10,14-15,20H,4-6,9,11-13H2,1-3H3. The predicted octanol–water partition coefficient (Wildman–Crippen LogP) is 3.95. The molecular formula is C18H29FN2. The third-order valence-corrected chi connectivity index (χ3v) is 4.49. The smallest absolute Gasteiger partial charge is 0.127 e. The van der Waals surface area contributed by atoms with Crippen molar-refractivity contribution < 1.29 is 4.39 Å². The molecule has 2 nitrogen and oxygen atoms in total. The van der Waals surface area contributed by atoms with Crippen molar-refractivity contribution in [1.29, 1.82) is 0 Å². The van der Waals surface area contributed by atoms with E-state index in [1.807, 2.05) is 12.1 Å². The topological polar surface area (TPSA) is 15.3 Å². The Morgan fingerprint density at radius 1 is 1.29 bits per heavy atom. The lowest BCUT2D eigenvalue weighted by Gasteiger charge is -2.36. The van der Waals surface area contributed by atoms with Gasteiger partial charge in [-0.15, -0.1) is 0 Å². The van der Waals surface area contributed by atoms with Gasteiger partial charge in [0.05, 0.1) is 0 Å². The molecule has 0 spiro atoms. The second-order valence-electron chi connectivity index (χ2n) is 6.56. The van der Waals surface area contributed by atoms with Crippen molar-refractivity contribution in [2.75, 3.05) is 13.1 Å². The first-order valence-corrected chi connectivity index (χ1v) is 8.32. The lowest BCUT2D eigenvalue weighted by atomic mass is 9.94. The van der Waals surface area contributed by atoms with Crippen LogP contribution in [0.2, 0.25) is 0 Å². The van der Waals surface area contributed by atoms with E-state index in [1.165, 1.54) is 18.4 Å². The van der Waals surface area contributed by atoms with Gasteiger partial charge < -0.3 is 5.32 Å². The molecule has 118 valence electrons. The number of benzene rings is 1. The number of likely N-dealkylation sites (tertiary alicyclic amines) is 1. The van der Waals surface area contributed by atoms with Crippen molar-refractivity contribution in [2.45, 2.75) is 59.2 Å². The van der Waals surface area contributed by atoms with Gasteiger partial charge in [-0.1, -0.05) is 26.0 Å². The summed E-state index contributed by atoms with van der Waals surface area (Å²) < 4.78 is 14.1. The zero-order chi connectivity index (χ0) is 15.2. The summed E-state index contributed by atoms with van der Waals surface area (Å²) >= 11 is 0. The molecule has 21 heavy (non-hydrogen) atoms. The normalized spacial score (nSPS) is 23.4. The molecule has 0 aliphatic carbocycles. The summed E-state index contributed by atoms with van der Waals surface area (Å²) in [7, 11) is 0. The Morgan fingerprint density at radius 3 is 2.86 bits per heavy atom. The Morgan fingerprint density at radius 2 is 2.10 bits per heavy atom. The average Bonchev–Trinajstić information content (AvgIpc) is 2.46. The fourth-order valence-electron chi connectivity index (χ4n) is 3.09. The van der Waals surface area contributed by atoms with Gasteiger partial charge in [-0.3, -0.25) is 4.90 Å². The molecule has 1 saturated heterocycles. The highest BCUT2D eigenvalue weighted by Gasteiger charge is 2.23. The molecule has 0 bridgehead atoms. The number of halogens is 1. The summed E-state index contributed by atoms with van der Waals surface area (Å²) in [6.45, 7) is 10.4. The fraction of sp³-hybridized carbons (Fsp3) is 0.667. The molecule has 1 aliphatic heterocycles. The van der Waals surface area contributed by atoms with Crippen molar-refractivity contribution in [1.82, 2.24) is 10.2 Å². The van der Waals surface area contributed by atoms with E-state index in [0.717, 1.165) is 44.1 Å². The molecule has 1 aromatic carbocycles. The lowest BCUT2D eigenvalue weighted by molar-refractivity contribution is 0.116. The fourth-order valence-corrected chi connectivity index (χ4v) is 3.09. The van der Waals surface area contributed by atoms with Gasteiger partial charge in [-0.2, -0.15) is 0 Å². The summed E-state index contributed by atoms with van der Waals surface area (Å²) in [5, 5.41) is 3.38. The van der Waals surface area contributed by atoms with Gasteiger partial charge in [-0.05, 0) is 50.3 Å². The van der Waals surface area contributed by atoms with Crippen molar-refractivity contribution >= 4 is 0 Å². The minimum Gasteiger partial charge on any atom is -0.313 e. The number of hydrogen-bond donors (Lipinski definition) is 1. The van der Waals surface area contributed by atoms with Crippen LogP contribution in [0.4, 0.5) is 4.39 Å². The van der Waals surface area contributed by atoms with Crippen LogP contribution >= 0.6 is 0 Å². The molecule has 0 aromatic heterocycles. The van der Waals surface area contributed by atoms with Gasteiger partial charge in [0.1, 0.15) is 5.82 Å². The zero-order valence-electron chi connectivity index (χ0n) is 13.7. The van der Waals surface area contributed by atoms with Crippen LogP contribution in [0.1, 0.15) is 51.2 Å². The molecule has 0 radical (unpaired) electrons. The monoisotopic (exact) mass is 292 g/mol. The first-order chi connectivity index (χ1) is 10.1. The van der Waals surface area contributed by atoms with E-state index in [9.17, 15) is 4.39 Å². The van der Waals surface area contributed by atoms with Gasteiger partial charge in [-0.25, -0.2) is 4.39 Å². The first-order valence-electron chi connectivity index (χ1n) is 8.32. The Hall–Kier alpha value is -0.930. The number of nitrogens with one attached hydrogen (secondary N) is 1. The van der Waals surface area contributed by atoms with E-state index in [1.54, 1.807) is 6.07 Å². The molecular weight excluding hydrogens is 263 g/mol. The second-order valence-corrected chi connectivity index (χ2v) is 6.56. The molecule has 3 heteroatoms. The van der Waals surface area contributed by atoms with E-state index >= 15 is 0 Å². The summed E-state index contributed by atoms with van der Waals surface area (Å²) in [6.07, 6.45) is 3.64. The summed E-state index contributed by atoms with van der Waals surface area (Å²) in [4.78, 5) is 2.43. The Balaban J connectivity index is 2.02. The molecule has 1 heterocycles. The van der Waals surface area contributed by atoms with Crippen molar-refractivity contribution in [3.05, 3.63) is 35.1 Å². The maximum absolute atomic E-state index is 14.1. The van der Waals surface area contributed by atoms with Crippen molar-refractivity contribution in [2.24, 2.45) is 5.92 Å². The highest BCUT2D eigenvalue weighted by Crippen LogP contribution is 2.24. The summed E-state index contributed by atoms with van der Waals surface area (Å²) in [5.74, 6) is 0.651. The minimum atomic E-state index is -0.0698. The number of hydrogen-bond acceptors (Lipinski definition) is 2. The Kier molecular flexibility index (Phi) is 6.19. The highest BCUT2D eigenvalue weighted by molar-refractivity contribution is 5.25. The maximum Gasteiger partial charge on any atom is 0.127 e. The molecule has 2 unspecified atom stereocenters. The van der Waals surface area contributed by atoms with Crippen LogP contribution in [-0.2, 0) is 13.1 Å². The van der Waals surface area contributed by atoms with Crippen molar-refractivity contribution in [3.63, 3.8) is 0 Å². The SMILES string of the molecule is CCCNCc1ccc(F)c(CN2CC(C)CCC2C)c1. The molecule has 1 fully saturated rings. The van der Waals surface area contributed by atoms with E-state index in [4.69, 9.17) is 0 Å². The third kappa shape index (κ3) is 4.79. The Bertz CT molecular complexity index is 447. The van der Waals surface area contributed by atoms with Gasteiger partial charge in [0.2, 0.25) is 0 Å². The van der Waals surface area contributed by atoms with Gasteiger partial charge in [0.15, 0.2) is 0 Å². The van der Waals surface area contributed by atoms with Crippen molar-refractivity contribution in [3.8, 4) is 0 Å². The van der Waals surface area contributed by atoms with Crippen LogP contribution < -0.4 is 5.32 Å². The van der Waals surface area contributed by atoms with Crippen LogP contribution in [0.15, 0.2) is 18.2 Å². The van der Waals surface area contributed by atoms with Crippen LogP contribution in [0, 0.1) is 11.7 Å². The van der Waals surface area contributed by atoms with Crippen LogP contribution in [0.25, 0.3) is 0 Å². The van der Waals surface area contributed by atoms with Gasteiger partial charge >= 0.3 is 0 Å². The quantitative estimate of drug-likeness (QED) is 0.799. The lowest BCUT2D eigenvalue weighted by Crippen LogP contribution is -2.40. The summed E-state index contributed by atoms with van der Waals surface area (Å²) in [6, 6.07) is 6.10. The molecule has 1 aliphatic rings. The zero-order valence-corrected chi connectivity index (χ0v) is 13.7. The van der Waals surface area contributed by atoms with Gasteiger partial charge in [0.25, 0.3) is 0 Å². The largest absolute Gasteiger partial charge is 0.313 e. The van der Waals surface area contributed by atoms with E-state index in [0.29, 0.717) is 6.04 Å². The van der Waals surface area contributed by atoms with E-state index in [-0.39, 0.29) is 5.82 Å². The molecule has 1 N–H and O–H groups in total. The first kappa shape index (κ1) is 16.4. The molecule has 0 saturated carbocycles. The maximum atomic E-state index is 14.1. The minimum absolute atomic E-state index is 0.0698. The van der Waals surface area contributed by atoms with Crippen LogP contribution in [0.5, 0.6) is 0 Å². The van der Waals surface area contributed by atoms with Crippen LogP contribution in [0.3, 0.4) is 0 Å². The van der Waals surface area contributed by atoms with E-state index < -0.39 is 0 Å². The predicted molar refractivity (Wildman–Crippen MR) is 86.7 cm³/mol. The third-order valence-electron chi connectivity index (χ3n) is 4.49. The summed E-state index contributed by atoms with van der Waals surface area (Å²) in [5.41, 5.74) is 2.02. The number of nitrogens with zero attached hydrogens (tertiary/aromatic N) is 1. The Labute approximate surface area is 128 Å². The van der Waals surface area contributed by atoms with E-state index in [2.05, 4.69) is 31.0 Å². The molecule has 0 amide bonds. The number of piperidine rings is 1. The molecule has 2 rings (SSSR count). The molecule has 1 aromatic rings. The number of rotatable bonds is 6. The second kappa shape index (κ2) is 7.90.